The fraction of sp³-hybridized carbons (Fsp3) is 0.636. The summed E-state index contributed by atoms with van der Waals surface area (Å²) in [6.45, 7) is 9.93. The fourth-order valence-electron chi connectivity index (χ4n) is 1.40. The third-order valence-corrected chi connectivity index (χ3v) is 2.64. The van der Waals surface area contributed by atoms with Gasteiger partial charge in [0.15, 0.2) is 0 Å². The van der Waals surface area contributed by atoms with Crippen molar-refractivity contribution in [2.45, 2.75) is 38.6 Å². The van der Waals surface area contributed by atoms with Crippen molar-refractivity contribution in [1.29, 1.82) is 0 Å². The Labute approximate surface area is 80.2 Å². The largest absolute Gasteiger partial charge is 0.346 e. The summed E-state index contributed by atoms with van der Waals surface area (Å²) >= 11 is 0. The highest BCUT2D eigenvalue weighted by atomic mass is 16.7. The van der Waals surface area contributed by atoms with Crippen LogP contribution in [0.15, 0.2) is 24.3 Å². The monoisotopic (exact) mass is 182 g/mol. The van der Waals surface area contributed by atoms with Gasteiger partial charge in [0, 0.05) is 7.11 Å². The maximum atomic E-state index is 5.86. The van der Waals surface area contributed by atoms with E-state index in [4.69, 9.17) is 9.47 Å². The van der Waals surface area contributed by atoms with E-state index >= 15 is 0 Å². The number of hydrogen-bond acceptors (Lipinski definition) is 2. The molecule has 1 heterocycles. The van der Waals surface area contributed by atoms with Gasteiger partial charge in [0.2, 0.25) is 5.79 Å². The summed E-state index contributed by atoms with van der Waals surface area (Å²) in [5.41, 5.74) is 0.665. The van der Waals surface area contributed by atoms with E-state index < -0.39 is 5.79 Å². The maximum absolute atomic E-state index is 5.86. The lowest BCUT2D eigenvalue weighted by molar-refractivity contribution is -0.195. The number of ether oxygens (including phenoxy) is 2. The molecule has 0 amide bonds. The Balaban J connectivity index is 2.88. The minimum absolute atomic E-state index is 0.213. The second-order valence-electron chi connectivity index (χ2n) is 3.75. The highest BCUT2D eigenvalue weighted by Crippen LogP contribution is 2.37. The van der Waals surface area contributed by atoms with Gasteiger partial charge in [-0.05, 0) is 31.9 Å². The summed E-state index contributed by atoms with van der Waals surface area (Å²) in [5, 5.41) is 0. The van der Waals surface area contributed by atoms with E-state index in [1.807, 2.05) is 26.0 Å². The zero-order valence-electron chi connectivity index (χ0n) is 8.89. The maximum Gasteiger partial charge on any atom is 0.211 e. The van der Waals surface area contributed by atoms with E-state index in [0.717, 1.165) is 12.0 Å². The predicted octanol–water partition coefficient (Wildman–Crippen LogP) is 2.66. The summed E-state index contributed by atoms with van der Waals surface area (Å²) in [4.78, 5) is 0. The molecule has 1 rings (SSSR count). The summed E-state index contributed by atoms with van der Waals surface area (Å²) in [5.74, 6) is -0.704. The van der Waals surface area contributed by atoms with Gasteiger partial charge in [0.25, 0.3) is 0 Å². The lowest BCUT2D eigenvalue weighted by Gasteiger charge is -2.32. The lowest BCUT2D eigenvalue weighted by atomic mass is 10.1. The predicted molar refractivity (Wildman–Crippen MR) is 53.5 cm³/mol. The Bertz CT molecular complexity index is 244. The summed E-state index contributed by atoms with van der Waals surface area (Å²) in [6.07, 6.45) is 4.92. The van der Waals surface area contributed by atoms with Crippen LogP contribution in [0.25, 0.3) is 0 Å². The molecule has 0 bridgehead atoms. The van der Waals surface area contributed by atoms with Gasteiger partial charge in [0.1, 0.15) is 0 Å². The molecule has 2 heteroatoms. The van der Waals surface area contributed by atoms with Gasteiger partial charge in [-0.2, -0.15) is 0 Å². The third kappa shape index (κ3) is 1.69. The standard InChI is InChI=1S/C11H18O2/c1-6-10(4)7-8-11(12-5,13-10)9(2)3/h7-8H,2,6H2,1,3-5H3/t10-,11-/m1/s1. The molecule has 74 valence electrons. The zero-order valence-corrected chi connectivity index (χ0v) is 8.89. The van der Waals surface area contributed by atoms with Crippen LogP contribution >= 0.6 is 0 Å². The van der Waals surface area contributed by atoms with Crippen LogP contribution < -0.4 is 0 Å². The van der Waals surface area contributed by atoms with E-state index in [9.17, 15) is 0 Å². The highest BCUT2D eigenvalue weighted by Gasteiger charge is 2.41. The summed E-state index contributed by atoms with van der Waals surface area (Å²) < 4.78 is 11.2. The summed E-state index contributed by atoms with van der Waals surface area (Å²) in [6, 6.07) is 0. The van der Waals surface area contributed by atoms with Crippen LogP contribution in [0.1, 0.15) is 27.2 Å². The SMILES string of the molecule is C=C(C)[C@@]1(OC)C=C[C@@](C)(CC)O1. The molecule has 0 aliphatic carbocycles. The molecule has 13 heavy (non-hydrogen) atoms. The quantitative estimate of drug-likeness (QED) is 0.625. The van der Waals surface area contributed by atoms with Crippen molar-refractivity contribution in [2.24, 2.45) is 0 Å². The van der Waals surface area contributed by atoms with Crippen molar-refractivity contribution in [3.8, 4) is 0 Å². The van der Waals surface area contributed by atoms with E-state index in [1.165, 1.54) is 0 Å². The van der Waals surface area contributed by atoms with E-state index in [0.29, 0.717) is 0 Å². The van der Waals surface area contributed by atoms with Gasteiger partial charge in [-0.1, -0.05) is 19.6 Å². The molecule has 2 nitrogen and oxygen atoms in total. The molecule has 0 unspecified atom stereocenters. The molecule has 1 aliphatic rings. The summed E-state index contributed by atoms with van der Waals surface area (Å²) in [7, 11) is 1.64. The molecule has 0 fully saturated rings. The molecule has 0 spiro atoms. The molecule has 0 saturated heterocycles. The molecular formula is C11H18O2. The van der Waals surface area contributed by atoms with Gasteiger partial charge >= 0.3 is 0 Å². The Morgan fingerprint density at radius 3 is 2.38 bits per heavy atom. The Morgan fingerprint density at radius 1 is 1.54 bits per heavy atom. The highest BCUT2D eigenvalue weighted by molar-refractivity contribution is 5.24. The third-order valence-electron chi connectivity index (χ3n) is 2.64. The fourth-order valence-corrected chi connectivity index (χ4v) is 1.40. The average molecular weight is 182 g/mol. The van der Waals surface area contributed by atoms with Gasteiger partial charge in [0.05, 0.1) is 5.60 Å². The van der Waals surface area contributed by atoms with Gasteiger partial charge in [-0.15, -0.1) is 0 Å². The Morgan fingerprint density at radius 2 is 2.15 bits per heavy atom. The van der Waals surface area contributed by atoms with Crippen molar-refractivity contribution >= 4 is 0 Å². The molecule has 0 aromatic heterocycles. The van der Waals surface area contributed by atoms with Crippen LogP contribution in [0.4, 0.5) is 0 Å². The molecule has 0 aromatic rings. The number of hydrogen-bond donors (Lipinski definition) is 0. The zero-order chi connectivity index (χ0) is 10.1. The first-order valence-electron chi connectivity index (χ1n) is 4.60. The van der Waals surface area contributed by atoms with E-state index in [-0.39, 0.29) is 5.60 Å². The second kappa shape index (κ2) is 3.28. The van der Waals surface area contributed by atoms with Crippen LogP contribution in [-0.4, -0.2) is 18.5 Å². The first-order valence-corrected chi connectivity index (χ1v) is 4.60. The van der Waals surface area contributed by atoms with Crippen LogP contribution in [0, 0.1) is 0 Å². The molecule has 0 radical (unpaired) electrons. The van der Waals surface area contributed by atoms with Gasteiger partial charge in [-0.25, -0.2) is 0 Å². The van der Waals surface area contributed by atoms with Crippen LogP contribution in [0.3, 0.4) is 0 Å². The normalized spacial score (nSPS) is 38.2. The molecule has 0 N–H and O–H groups in total. The molecule has 2 atom stereocenters. The molecule has 0 aromatic carbocycles. The first-order chi connectivity index (χ1) is 5.98. The van der Waals surface area contributed by atoms with Crippen LogP contribution in [0.2, 0.25) is 0 Å². The Kier molecular flexibility index (Phi) is 2.64. The minimum Gasteiger partial charge on any atom is -0.346 e. The number of rotatable bonds is 3. The lowest BCUT2D eigenvalue weighted by Crippen LogP contribution is -2.37. The van der Waals surface area contributed by atoms with E-state index in [1.54, 1.807) is 7.11 Å². The van der Waals surface area contributed by atoms with Gasteiger partial charge in [-0.3, -0.25) is 0 Å². The van der Waals surface area contributed by atoms with Crippen molar-refractivity contribution in [3.05, 3.63) is 24.3 Å². The topological polar surface area (TPSA) is 18.5 Å². The molecule has 1 aliphatic heterocycles. The van der Waals surface area contributed by atoms with Crippen molar-refractivity contribution < 1.29 is 9.47 Å². The van der Waals surface area contributed by atoms with Crippen LogP contribution in [0.5, 0.6) is 0 Å². The van der Waals surface area contributed by atoms with Crippen LogP contribution in [-0.2, 0) is 9.47 Å². The second-order valence-corrected chi connectivity index (χ2v) is 3.75. The average Bonchev–Trinajstić information content (AvgIpc) is 2.46. The first kappa shape index (κ1) is 10.5. The van der Waals surface area contributed by atoms with Crippen molar-refractivity contribution in [3.63, 3.8) is 0 Å². The number of methoxy groups -OCH3 is 1. The molecule has 0 saturated carbocycles. The smallest absolute Gasteiger partial charge is 0.211 e. The van der Waals surface area contributed by atoms with Gasteiger partial charge < -0.3 is 9.47 Å². The van der Waals surface area contributed by atoms with E-state index in [2.05, 4.69) is 13.5 Å². The molecular weight excluding hydrogens is 164 g/mol. The van der Waals surface area contributed by atoms with Crippen molar-refractivity contribution in [2.75, 3.05) is 7.11 Å². The van der Waals surface area contributed by atoms with Crippen molar-refractivity contribution in [1.82, 2.24) is 0 Å². The minimum atomic E-state index is -0.704. The Hall–Kier alpha value is -0.600.